The van der Waals surface area contributed by atoms with Crippen LogP contribution in [0.3, 0.4) is 0 Å². The Morgan fingerprint density at radius 3 is 2.77 bits per heavy atom. The fourth-order valence-electron chi connectivity index (χ4n) is 3.02. The summed E-state index contributed by atoms with van der Waals surface area (Å²) < 4.78 is 1.60. The summed E-state index contributed by atoms with van der Waals surface area (Å²) in [6.45, 7) is 6.07. The Kier molecular flexibility index (Phi) is 3.07. The predicted octanol–water partition coefficient (Wildman–Crippen LogP) is 2.36. The molecule has 2 fully saturated rings. The molecular weight excluding hydrogens is 302 g/mol. The van der Waals surface area contributed by atoms with Crippen molar-refractivity contribution in [3.05, 3.63) is 41.3 Å². The van der Waals surface area contributed by atoms with E-state index in [9.17, 15) is 5.11 Å². The molecule has 22 heavy (non-hydrogen) atoms. The van der Waals surface area contributed by atoms with E-state index in [-0.39, 0.29) is 5.76 Å². The Hall–Kier alpha value is -2.08. The van der Waals surface area contributed by atoms with Gasteiger partial charge in [0.25, 0.3) is 0 Å². The van der Waals surface area contributed by atoms with Crippen molar-refractivity contribution in [2.24, 2.45) is 11.8 Å². The summed E-state index contributed by atoms with van der Waals surface area (Å²) in [5, 5.41) is 17.5. The molecule has 7 heteroatoms. The molecule has 1 N–H and O–H groups in total. The van der Waals surface area contributed by atoms with Gasteiger partial charge in [-0.25, -0.2) is 9.67 Å². The van der Waals surface area contributed by atoms with Crippen LogP contribution in [-0.4, -0.2) is 38.2 Å². The summed E-state index contributed by atoms with van der Waals surface area (Å²) in [7, 11) is 0. The molecule has 4 rings (SSSR count). The molecule has 6 nitrogen and oxygen atoms in total. The number of hydrogen-bond donors (Lipinski definition) is 1. The van der Waals surface area contributed by atoms with E-state index in [1.165, 1.54) is 6.42 Å². The van der Waals surface area contributed by atoms with E-state index in [1.807, 2.05) is 12.1 Å². The maximum atomic E-state index is 9.29. The van der Waals surface area contributed by atoms with E-state index in [4.69, 9.17) is 11.6 Å². The van der Waals surface area contributed by atoms with Crippen molar-refractivity contribution < 1.29 is 5.11 Å². The van der Waals surface area contributed by atoms with Gasteiger partial charge >= 0.3 is 0 Å². The fraction of sp³-hybridized carbons (Fsp3) is 0.400. The SMILES string of the molecule is C=C(O)c1cn(Cc2ccc(N3CC4CC4C3)nc2Cl)nn1. The molecule has 2 aliphatic rings. The molecule has 0 bridgehead atoms. The van der Waals surface area contributed by atoms with Crippen molar-refractivity contribution in [1.82, 2.24) is 20.0 Å². The van der Waals surface area contributed by atoms with Crippen LogP contribution in [0.2, 0.25) is 5.15 Å². The number of aliphatic hydroxyl groups excluding tert-OH is 1. The molecule has 2 unspecified atom stereocenters. The molecule has 2 aromatic rings. The second kappa shape index (κ2) is 4.98. The Bertz CT molecular complexity index is 733. The van der Waals surface area contributed by atoms with Crippen molar-refractivity contribution in [3.8, 4) is 0 Å². The summed E-state index contributed by atoms with van der Waals surface area (Å²) in [5.74, 6) is 2.57. The lowest BCUT2D eigenvalue weighted by molar-refractivity contribution is 0.510. The fourth-order valence-corrected chi connectivity index (χ4v) is 3.22. The van der Waals surface area contributed by atoms with Crippen LogP contribution in [0.25, 0.3) is 5.76 Å². The molecule has 1 aliphatic heterocycles. The van der Waals surface area contributed by atoms with E-state index in [1.54, 1.807) is 10.9 Å². The first-order valence-corrected chi connectivity index (χ1v) is 7.66. The molecule has 3 heterocycles. The van der Waals surface area contributed by atoms with Gasteiger partial charge in [0.05, 0.1) is 12.7 Å². The van der Waals surface area contributed by atoms with E-state index in [0.717, 1.165) is 36.3 Å². The zero-order valence-electron chi connectivity index (χ0n) is 12.0. The zero-order valence-corrected chi connectivity index (χ0v) is 12.7. The highest BCUT2D eigenvalue weighted by molar-refractivity contribution is 6.30. The summed E-state index contributed by atoms with van der Waals surface area (Å²) in [4.78, 5) is 6.81. The standard InChI is InChI=1S/C15H16ClN5O/c1-9(22)13-8-21(19-18-13)7-10-2-3-14(17-15(10)16)20-5-11-4-12(11)6-20/h2-3,8,11-12,22H,1,4-7H2. The van der Waals surface area contributed by atoms with Crippen LogP contribution in [0.15, 0.2) is 24.9 Å². The first-order valence-electron chi connectivity index (χ1n) is 7.29. The van der Waals surface area contributed by atoms with Crippen molar-refractivity contribution in [2.75, 3.05) is 18.0 Å². The number of rotatable bonds is 4. The minimum atomic E-state index is -0.0987. The van der Waals surface area contributed by atoms with Gasteiger partial charge in [0.1, 0.15) is 22.4 Å². The second-order valence-electron chi connectivity index (χ2n) is 6.03. The average molecular weight is 318 g/mol. The molecule has 114 valence electrons. The average Bonchev–Trinajstić information content (AvgIpc) is 2.89. The number of aromatic nitrogens is 4. The molecule has 2 aromatic heterocycles. The van der Waals surface area contributed by atoms with Gasteiger partial charge in [0.15, 0.2) is 0 Å². The van der Waals surface area contributed by atoms with Gasteiger partial charge in [-0.05, 0) is 24.3 Å². The molecule has 0 aromatic carbocycles. The van der Waals surface area contributed by atoms with Gasteiger partial charge in [-0.2, -0.15) is 0 Å². The Labute approximate surface area is 133 Å². The van der Waals surface area contributed by atoms with E-state index < -0.39 is 0 Å². The van der Waals surface area contributed by atoms with Crippen LogP contribution >= 0.6 is 11.6 Å². The zero-order chi connectivity index (χ0) is 15.3. The normalized spacial score (nSPS) is 22.7. The number of pyridine rings is 1. The summed E-state index contributed by atoms with van der Waals surface area (Å²) in [6, 6.07) is 3.98. The molecule has 0 spiro atoms. The Morgan fingerprint density at radius 2 is 2.14 bits per heavy atom. The molecule has 0 amide bonds. The first-order chi connectivity index (χ1) is 10.6. The van der Waals surface area contributed by atoms with Gasteiger partial charge in [-0.3, -0.25) is 0 Å². The van der Waals surface area contributed by atoms with Gasteiger partial charge in [-0.1, -0.05) is 29.5 Å². The maximum absolute atomic E-state index is 9.29. The van der Waals surface area contributed by atoms with Crippen molar-refractivity contribution in [2.45, 2.75) is 13.0 Å². The lowest BCUT2D eigenvalue weighted by atomic mass is 10.2. The Balaban J connectivity index is 1.50. The molecular formula is C15H16ClN5O. The van der Waals surface area contributed by atoms with Crippen LogP contribution in [0.1, 0.15) is 17.7 Å². The number of hydrogen-bond acceptors (Lipinski definition) is 5. The van der Waals surface area contributed by atoms with Crippen molar-refractivity contribution >= 4 is 23.2 Å². The number of nitrogens with zero attached hydrogens (tertiary/aromatic N) is 5. The minimum absolute atomic E-state index is 0.0987. The smallest absolute Gasteiger partial charge is 0.146 e. The van der Waals surface area contributed by atoms with Crippen LogP contribution < -0.4 is 4.90 Å². The molecule has 1 saturated carbocycles. The molecule has 1 saturated heterocycles. The molecule has 1 aliphatic carbocycles. The third-order valence-electron chi connectivity index (χ3n) is 4.38. The van der Waals surface area contributed by atoms with E-state index in [2.05, 4.69) is 26.8 Å². The van der Waals surface area contributed by atoms with Crippen LogP contribution in [-0.2, 0) is 6.54 Å². The van der Waals surface area contributed by atoms with E-state index >= 15 is 0 Å². The lowest BCUT2D eigenvalue weighted by Gasteiger charge is -2.19. The van der Waals surface area contributed by atoms with Crippen LogP contribution in [0.5, 0.6) is 0 Å². The highest BCUT2D eigenvalue weighted by Crippen LogP contribution is 2.46. The number of fused-ring (bicyclic) bond motifs is 1. The molecule has 0 radical (unpaired) electrons. The van der Waals surface area contributed by atoms with Crippen molar-refractivity contribution in [1.29, 1.82) is 0 Å². The monoisotopic (exact) mass is 317 g/mol. The third-order valence-corrected chi connectivity index (χ3v) is 4.71. The molecule has 2 atom stereocenters. The summed E-state index contributed by atoms with van der Waals surface area (Å²) in [6.07, 6.45) is 2.99. The first kappa shape index (κ1) is 13.6. The minimum Gasteiger partial charge on any atom is -0.506 e. The van der Waals surface area contributed by atoms with Gasteiger partial charge in [0, 0.05) is 18.7 Å². The van der Waals surface area contributed by atoms with Gasteiger partial charge in [-0.15, -0.1) is 5.10 Å². The van der Waals surface area contributed by atoms with Gasteiger partial charge in [0.2, 0.25) is 0 Å². The predicted molar refractivity (Wildman–Crippen MR) is 83.8 cm³/mol. The number of halogens is 1. The second-order valence-corrected chi connectivity index (χ2v) is 6.39. The van der Waals surface area contributed by atoms with Crippen LogP contribution in [0.4, 0.5) is 5.82 Å². The topological polar surface area (TPSA) is 67.1 Å². The van der Waals surface area contributed by atoms with E-state index in [0.29, 0.717) is 17.4 Å². The van der Waals surface area contributed by atoms with Crippen LogP contribution in [0, 0.1) is 11.8 Å². The Morgan fingerprint density at radius 1 is 1.36 bits per heavy atom. The number of anilines is 1. The number of piperidine rings is 1. The third kappa shape index (κ3) is 2.43. The summed E-state index contributed by atoms with van der Waals surface area (Å²) >= 11 is 6.31. The highest BCUT2D eigenvalue weighted by Gasteiger charge is 2.45. The lowest BCUT2D eigenvalue weighted by Crippen LogP contribution is -2.23. The maximum Gasteiger partial charge on any atom is 0.146 e. The number of aliphatic hydroxyl groups is 1. The van der Waals surface area contributed by atoms with Crippen molar-refractivity contribution in [3.63, 3.8) is 0 Å². The summed E-state index contributed by atoms with van der Waals surface area (Å²) in [5.41, 5.74) is 1.23. The van der Waals surface area contributed by atoms with Gasteiger partial charge < -0.3 is 10.0 Å². The largest absolute Gasteiger partial charge is 0.506 e. The highest BCUT2D eigenvalue weighted by atomic mass is 35.5. The quantitative estimate of drug-likeness (QED) is 0.692.